The zero-order valence-corrected chi connectivity index (χ0v) is 17.2. The van der Waals surface area contributed by atoms with Gasteiger partial charge in [0.25, 0.3) is 0 Å². The molecule has 0 saturated heterocycles. The summed E-state index contributed by atoms with van der Waals surface area (Å²) in [7, 11) is 0. The van der Waals surface area contributed by atoms with Crippen molar-refractivity contribution in [1.82, 2.24) is 9.78 Å². The Kier molecular flexibility index (Phi) is 6.49. The Morgan fingerprint density at radius 2 is 1.56 bits per heavy atom. The molecule has 0 bridgehead atoms. The third kappa shape index (κ3) is 4.32. The van der Waals surface area contributed by atoms with E-state index in [-0.39, 0.29) is 0 Å². The smallest absolute Gasteiger partial charge is 0.0955 e. The van der Waals surface area contributed by atoms with Gasteiger partial charge in [0.05, 0.1) is 11.7 Å². The lowest BCUT2D eigenvalue weighted by atomic mass is 10.0. The molecule has 2 nitrogen and oxygen atoms in total. The second kappa shape index (κ2) is 9.03. The average Bonchev–Trinajstić information content (AvgIpc) is 3.03. The number of aromatic nitrogens is 2. The molecule has 0 radical (unpaired) electrons. The molecule has 1 aromatic heterocycles. The Bertz CT molecular complexity index is 844. The van der Waals surface area contributed by atoms with Gasteiger partial charge in [-0.2, -0.15) is 5.10 Å². The number of rotatable bonds is 8. The summed E-state index contributed by atoms with van der Waals surface area (Å²) in [5.41, 5.74) is 7.79. The first-order valence-corrected chi connectivity index (χ1v) is 10.4. The number of hydrogen-bond acceptors (Lipinski definition) is 1. The lowest BCUT2D eigenvalue weighted by Crippen LogP contribution is -2.13. The largest absolute Gasteiger partial charge is 0.266 e. The van der Waals surface area contributed by atoms with Crippen molar-refractivity contribution in [3.63, 3.8) is 0 Å². The highest BCUT2D eigenvalue weighted by molar-refractivity contribution is 5.64. The molecule has 0 amide bonds. The van der Waals surface area contributed by atoms with Crippen LogP contribution in [0.5, 0.6) is 0 Å². The first-order chi connectivity index (χ1) is 13.2. The van der Waals surface area contributed by atoms with Crippen LogP contribution in [0.3, 0.4) is 0 Å². The molecule has 0 aliphatic heterocycles. The Labute approximate surface area is 164 Å². The molecule has 0 spiro atoms. The van der Waals surface area contributed by atoms with Crippen LogP contribution in [0.4, 0.5) is 0 Å². The van der Waals surface area contributed by atoms with Crippen LogP contribution < -0.4 is 0 Å². The van der Waals surface area contributed by atoms with Crippen molar-refractivity contribution in [2.45, 2.75) is 65.8 Å². The lowest BCUT2D eigenvalue weighted by Gasteiger charge is -2.17. The van der Waals surface area contributed by atoms with Crippen molar-refractivity contribution < 1.29 is 0 Å². The molecule has 0 aliphatic carbocycles. The van der Waals surface area contributed by atoms with E-state index in [4.69, 9.17) is 5.10 Å². The van der Waals surface area contributed by atoms with Gasteiger partial charge in [0, 0.05) is 11.3 Å². The topological polar surface area (TPSA) is 17.8 Å². The van der Waals surface area contributed by atoms with E-state index in [1.54, 1.807) is 0 Å². The van der Waals surface area contributed by atoms with Crippen LogP contribution in [-0.4, -0.2) is 9.78 Å². The first kappa shape index (κ1) is 19.4. The summed E-state index contributed by atoms with van der Waals surface area (Å²) < 4.78 is 2.31. The van der Waals surface area contributed by atoms with Gasteiger partial charge >= 0.3 is 0 Å². The van der Waals surface area contributed by atoms with Crippen molar-refractivity contribution in [1.29, 1.82) is 0 Å². The summed E-state index contributed by atoms with van der Waals surface area (Å²) in [6, 6.07) is 20.1. The number of nitrogens with zero attached hydrogens (tertiary/aromatic N) is 2. The van der Waals surface area contributed by atoms with E-state index in [0.717, 1.165) is 25.0 Å². The fourth-order valence-electron chi connectivity index (χ4n) is 4.00. The Balaban J connectivity index is 1.88. The predicted molar refractivity (Wildman–Crippen MR) is 115 cm³/mol. The van der Waals surface area contributed by atoms with Gasteiger partial charge < -0.3 is 0 Å². The Morgan fingerprint density at radius 3 is 2.15 bits per heavy atom. The highest BCUT2D eigenvalue weighted by atomic mass is 15.3. The minimum Gasteiger partial charge on any atom is -0.266 e. The van der Waals surface area contributed by atoms with E-state index in [9.17, 15) is 0 Å². The van der Waals surface area contributed by atoms with E-state index in [2.05, 4.69) is 87.0 Å². The minimum absolute atomic E-state index is 0.509. The molecular weight excluding hydrogens is 328 g/mol. The normalized spacial score (nSPS) is 12.3. The maximum atomic E-state index is 5.07. The van der Waals surface area contributed by atoms with Crippen LogP contribution in [0.15, 0.2) is 54.6 Å². The van der Waals surface area contributed by atoms with Crippen LogP contribution in [0.1, 0.15) is 68.5 Å². The number of benzene rings is 2. The molecule has 2 aromatic carbocycles. The Hall–Kier alpha value is -2.35. The van der Waals surface area contributed by atoms with Gasteiger partial charge in [-0.05, 0) is 49.3 Å². The van der Waals surface area contributed by atoms with E-state index in [0.29, 0.717) is 6.04 Å². The molecule has 27 heavy (non-hydrogen) atoms. The fourth-order valence-corrected chi connectivity index (χ4v) is 4.00. The van der Waals surface area contributed by atoms with Gasteiger partial charge in [-0.25, -0.2) is 0 Å². The standard InChI is InChI=1S/C25H32N2/c1-5-11-23(6-2)27-24(7-3)19(4)25(26-27)22-16-14-21(15-17-22)18-20-12-9-8-10-13-20/h8-10,12-17,23H,5-7,11,18H2,1-4H3. The van der Waals surface area contributed by atoms with Gasteiger partial charge in [-0.15, -0.1) is 0 Å². The summed E-state index contributed by atoms with van der Waals surface area (Å²) in [6.45, 7) is 9.01. The van der Waals surface area contributed by atoms with Crippen LogP contribution in [0, 0.1) is 6.92 Å². The lowest BCUT2D eigenvalue weighted by molar-refractivity contribution is 0.398. The monoisotopic (exact) mass is 360 g/mol. The van der Waals surface area contributed by atoms with Crippen LogP contribution in [0.2, 0.25) is 0 Å². The molecule has 0 aliphatic rings. The quantitative estimate of drug-likeness (QED) is 0.434. The zero-order valence-electron chi connectivity index (χ0n) is 17.2. The molecule has 0 saturated carbocycles. The molecule has 1 heterocycles. The molecule has 1 unspecified atom stereocenters. The minimum atomic E-state index is 0.509. The number of hydrogen-bond donors (Lipinski definition) is 0. The van der Waals surface area contributed by atoms with Crippen molar-refractivity contribution in [2.24, 2.45) is 0 Å². The van der Waals surface area contributed by atoms with E-state index in [1.165, 1.54) is 40.8 Å². The molecule has 3 rings (SSSR count). The highest BCUT2D eigenvalue weighted by Crippen LogP contribution is 2.30. The summed E-state index contributed by atoms with van der Waals surface area (Å²) >= 11 is 0. The second-order valence-electron chi connectivity index (χ2n) is 7.43. The SMILES string of the molecule is CCCC(CC)n1nc(-c2ccc(Cc3ccccc3)cc2)c(C)c1CC. The van der Waals surface area contributed by atoms with E-state index < -0.39 is 0 Å². The second-order valence-corrected chi connectivity index (χ2v) is 7.43. The molecule has 142 valence electrons. The van der Waals surface area contributed by atoms with Crippen molar-refractivity contribution in [3.8, 4) is 11.3 Å². The molecule has 2 heteroatoms. The summed E-state index contributed by atoms with van der Waals surface area (Å²) in [6.07, 6.45) is 5.54. The summed E-state index contributed by atoms with van der Waals surface area (Å²) in [5.74, 6) is 0. The molecular formula is C25H32N2. The van der Waals surface area contributed by atoms with Gasteiger partial charge in [-0.1, -0.05) is 81.8 Å². The highest BCUT2D eigenvalue weighted by Gasteiger charge is 2.19. The van der Waals surface area contributed by atoms with Gasteiger partial charge in [0.15, 0.2) is 0 Å². The molecule has 0 fully saturated rings. The predicted octanol–water partition coefficient (Wildman–Crippen LogP) is 6.76. The van der Waals surface area contributed by atoms with E-state index in [1.807, 2.05) is 0 Å². The van der Waals surface area contributed by atoms with Crippen LogP contribution in [-0.2, 0) is 12.8 Å². The maximum absolute atomic E-state index is 5.07. The first-order valence-electron chi connectivity index (χ1n) is 10.4. The zero-order chi connectivity index (χ0) is 19.2. The summed E-state index contributed by atoms with van der Waals surface area (Å²) in [4.78, 5) is 0. The van der Waals surface area contributed by atoms with E-state index >= 15 is 0 Å². The third-order valence-electron chi connectivity index (χ3n) is 5.52. The van der Waals surface area contributed by atoms with Crippen LogP contribution >= 0.6 is 0 Å². The van der Waals surface area contributed by atoms with Gasteiger partial charge in [0.1, 0.15) is 0 Å². The van der Waals surface area contributed by atoms with Crippen molar-refractivity contribution in [2.75, 3.05) is 0 Å². The average molecular weight is 361 g/mol. The molecule has 3 aromatic rings. The van der Waals surface area contributed by atoms with Gasteiger partial charge in [0.2, 0.25) is 0 Å². The van der Waals surface area contributed by atoms with Crippen molar-refractivity contribution in [3.05, 3.63) is 77.0 Å². The van der Waals surface area contributed by atoms with Crippen molar-refractivity contribution >= 4 is 0 Å². The Morgan fingerprint density at radius 1 is 0.889 bits per heavy atom. The third-order valence-corrected chi connectivity index (χ3v) is 5.52. The fraction of sp³-hybridized carbons (Fsp3) is 0.400. The van der Waals surface area contributed by atoms with Gasteiger partial charge in [-0.3, -0.25) is 4.68 Å². The van der Waals surface area contributed by atoms with Crippen LogP contribution in [0.25, 0.3) is 11.3 Å². The molecule has 0 N–H and O–H groups in total. The maximum Gasteiger partial charge on any atom is 0.0955 e. The molecule has 1 atom stereocenters. The summed E-state index contributed by atoms with van der Waals surface area (Å²) in [5, 5.41) is 5.07.